The van der Waals surface area contributed by atoms with E-state index < -0.39 is 6.10 Å². The lowest BCUT2D eigenvalue weighted by molar-refractivity contribution is 0.169. The van der Waals surface area contributed by atoms with E-state index in [1.807, 2.05) is 17.5 Å². The number of hydrogen-bond donors (Lipinski definition) is 3. The van der Waals surface area contributed by atoms with Crippen LogP contribution in [0.15, 0.2) is 48.0 Å². The Hall–Kier alpha value is -2.02. The third-order valence-corrected chi connectivity index (χ3v) is 4.29. The maximum atomic E-state index is 13.6. The lowest BCUT2D eigenvalue weighted by atomic mass is 10.1. The van der Waals surface area contributed by atoms with Crippen LogP contribution < -0.4 is 5.32 Å². The standard InChI is InChI=1S/C16H16FN3OS/c17-13-5-2-1-4-12(13)14(21)10-18-8-11-9-19-20-16(11)15-6-3-7-22-15/h1-7,9,14,18,21H,8,10H2,(H,19,20). The summed E-state index contributed by atoms with van der Waals surface area (Å²) in [5, 5.41) is 22.3. The van der Waals surface area contributed by atoms with Gasteiger partial charge in [-0.2, -0.15) is 5.10 Å². The van der Waals surface area contributed by atoms with Gasteiger partial charge in [-0.05, 0) is 17.5 Å². The molecule has 0 aliphatic rings. The summed E-state index contributed by atoms with van der Waals surface area (Å²) in [4.78, 5) is 1.11. The summed E-state index contributed by atoms with van der Waals surface area (Å²) in [6, 6.07) is 10.3. The van der Waals surface area contributed by atoms with Crippen molar-refractivity contribution in [3.05, 3.63) is 64.9 Å². The number of halogens is 1. The monoisotopic (exact) mass is 317 g/mol. The largest absolute Gasteiger partial charge is 0.387 e. The molecule has 4 nitrogen and oxygen atoms in total. The van der Waals surface area contributed by atoms with Crippen LogP contribution in [-0.2, 0) is 6.54 Å². The molecule has 3 aromatic rings. The molecule has 2 aromatic heterocycles. The number of thiophene rings is 1. The van der Waals surface area contributed by atoms with Crippen molar-refractivity contribution < 1.29 is 9.50 Å². The molecule has 0 fully saturated rings. The normalized spacial score (nSPS) is 12.5. The molecule has 22 heavy (non-hydrogen) atoms. The Morgan fingerprint density at radius 2 is 2.14 bits per heavy atom. The molecule has 0 bridgehead atoms. The van der Waals surface area contributed by atoms with Gasteiger partial charge in [0.1, 0.15) is 5.82 Å². The minimum Gasteiger partial charge on any atom is -0.387 e. The fraction of sp³-hybridized carbons (Fsp3) is 0.188. The van der Waals surface area contributed by atoms with E-state index in [9.17, 15) is 9.50 Å². The van der Waals surface area contributed by atoms with Gasteiger partial charge in [-0.1, -0.05) is 24.3 Å². The van der Waals surface area contributed by atoms with Crippen LogP contribution >= 0.6 is 11.3 Å². The minimum absolute atomic E-state index is 0.274. The molecule has 0 aliphatic carbocycles. The van der Waals surface area contributed by atoms with Crippen molar-refractivity contribution in [2.45, 2.75) is 12.6 Å². The summed E-state index contributed by atoms with van der Waals surface area (Å²) in [5.41, 5.74) is 2.30. The average Bonchev–Trinajstić information content (AvgIpc) is 3.18. The van der Waals surface area contributed by atoms with Crippen molar-refractivity contribution >= 4 is 11.3 Å². The van der Waals surface area contributed by atoms with Gasteiger partial charge < -0.3 is 10.4 Å². The maximum absolute atomic E-state index is 13.6. The summed E-state index contributed by atoms with van der Waals surface area (Å²) >= 11 is 1.64. The zero-order chi connectivity index (χ0) is 15.4. The second-order valence-corrected chi connectivity index (χ2v) is 5.86. The lowest BCUT2D eigenvalue weighted by Gasteiger charge is -2.13. The van der Waals surface area contributed by atoms with E-state index >= 15 is 0 Å². The topological polar surface area (TPSA) is 60.9 Å². The van der Waals surface area contributed by atoms with Crippen LogP contribution in [0.2, 0.25) is 0 Å². The van der Waals surface area contributed by atoms with Crippen LogP contribution in [-0.4, -0.2) is 21.8 Å². The predicted molar refractivity (Wildman–Crippen MR) is 85.0 cm³/mol. The summed E-state index contributed by atoms with van der Waals surface area (Å²) in [6.45, 7) is 0.825. The molecule has 0 saturated heterocycles. The third-order valence-electron chi connectivity index (χ3n) is 3.40. The van der Waals surface area contributed by atoms with Crippen molar-refractivity contribution in [2.24, 2.45) is 0 Å². The summed E-state index contributed by atoms with van der Waals surface area (Å²) in [5.74, 6) is -0.389. The van der Waals surface area contributed by atoms with Gasteiger partial charge in [-0.3, -0.25) is 5.10 Å². The molecule has 114 valence electrons. The molecule has 0 amide bonds. The van der Waals surface area contributed by atoms with E-state index in [4.69, 9.17) is 0 Å². The van der Waals surface area contributed by atoms with E-state index in [-0.39, 0.29) is 12.4 Å². The van der Waals surface area contributed by atoms with Gasteiger partial charge in [0.15, 0.2) is 0 Å². The van der Waals surface area contributed by atoms with Crippen LogP contribution in [0, 0.1) is 5.82 Å². The zero-order valence-electron chi connectivity index (χ0n) is 11.8. The van der Waals surface area contributed by atoms with Gasteiger partial charge in [0.2, 0.25) is 0 Å². The van der Waals surface area contributed by atoms with Gasteiger partial charge in [0, 0.05) is 24.2 Å². The van der Waals surface area contributed by atoms with Crippen molar-refractivity contribution in [1.82, 2.24) is 15.5 Å². The Morgan fingerprint density at radius 3 is 2.91 bits per heavy atom. The average molecular weight is 317 g/mol. The number of nitrogens with zero attached hydrogens (tertiary/aromatic N) is 1. The molecule has 1 aromatic carbocycles. The molecule has 1 atom stereocenters. The second kappa shape index (κ2) is 6.83. The zero-order valence-corrected chi connectivity index (χ0v) is 12.6. The van der Waals surface area contributed by atoms with Crippen molar-refractivity contribution in [3.63, 3.8) is 0 Å². The number of benzene rings is 1. The minimum atomic E-state index is -0.877. The smallest absolute Gasteiger partial charge is 0.129 e. The second-order valence-electron chi connectivity index (χ2n) is 4.92. The highest BCUT2D eigenvalue weighted by atomic mass is 32.1. The molecule has 0 aliphatic heterocycles. The summed E-state index contributed by atoms with van der Waals surface area (Å²) < 4.78 is 13.6. The predicted octanol–water partition coefficient (Wildman–Crippen LogP) is 3.10. The first-order valence-corrected chi connectivity index (χ1v) is 7.83. The Kier molecular flexibility index (Phi) is 4.62. The van der Waals surface area contributed by atoms with Gasteiger partial charge in [-0.25, -0.2) is 4.39 Å². The lowest BCUT2D eigenvalue weighted by Crippen LogP contribution is -2.21. The number of aromatic nitrogens is 2. The fourth-order valence-corrected chi connectivity index (χ4v) is 3.03. The number of nitrogens with one attached hydrogen (secondary N) is 2. The van der Waals surface area contributed by atoms with Crippen molar-refractivity contribution in [1.29, 1.82) is 0 Å². The van der Waals surface area contributed by atoms with E-state index in [0.29, 0.717) is 12.1 Å². The molecule has 2 heterocycles. The Morgan fingerprint density at radius 1 is 1.27 bits per heavy atom. The Labute approximate surface area is 131 Å². The van der Waals surface area contributed by atoms with E-state index in [1.165, 1.54) is 6.07 Å². The molecule has 6 heteroatoms. The highest BCUT2D eigenvalue weighted by molar-refractivity contribution is 7.13. The number of aliphatic hydroxyl groups excluding tert-OH is 1. The summed E-state index contributed by atoms with van der Waals surface area (Å²) in [7, 11) is 0. The van der Waals surface area contributed by atoms with Crippen LogP contribution in [0.5, 0.6) is 0 Å². The van der Waals surface area contributed by atoms with Crippen LogP contribution in [0.4, 0.5) is 4.39 Å². The molecule has 1 unspecified atom stereocenters. The number of H-pyrrole nitrogens is 1. The van der Waals surface area contributed by atoms with Crippen molar-refractivity contribution in [3.8, 4) is 10.6 Å². The summed E-state index contributed by atoms with van der Waals surface area (Å²) in [6.07, 6.45) is 0.885. The molecule has 0 radical (unpaired) electrons. The van der Waals surface area contributed by atoms with Gasteiger partial charge >= 0.3 is 0 Å². The molecular formula is C16H16FN3OS. The quantitative estimate of drug-likeness (QED) is 0.655. The number of rotatable bonds is 6. The van der Waals surface area contributed by atoms with E-state index in [1.54, 1.807) is 35.7 Å². The maximum Gasteiger partial charge on any atom is 0.129 e. The number of aliphatic hydroxyl groups is 1. The molecule has 0 saturated carbocycles. The van der Waals surface area contributed by atoms with E-state index in [0.717, 1.165) is 16.1 Å². The van der Waals surface area contributed by atoms with Crippen LogP contribution in [0.25, 0.3) is 10.6 Å². The molecule has 0 spiro atoms. The number of aromatic amines is 1. The first kappa shape index (κ1) is 14.9. The third kappa shape index (κ3) is 3.24. The van der Waals surface area contributed by atoms with E-state index in [2.05, 4.69) is 15.5 Å². The van der Waals surface area contributed by atoms with Gasteiger partial charge in [-0.15, -0.1) is 11.3 Å². The SMILES string of the molecule is OC(CNCc1cn[nH]c1-c1cccs1)c1ccccc1F. The molecule has 3 rings (SSSR count). The van der Waals surface area contributed by atoms with Crippen LogP contribution in [0.3, 0.4) is 0 Å². The molecular weight excluding hydrogens is 301 g/mol. The number of hydrogen-bond acceptors (Lipinski definition) is 4. The fourth-order valence-electron chi connectivity index (χ4n) is 2.28. The highest BCUT2D eigenvalue weighted by Crippen LogP contribution is 2.25. The first-order valence-electron chi connectivity index (χ1n) is 6.95. The van der Waals surface area contributed by atoms with Crippen molar-refractivity contribution in [2.75, 3.05) is 6.54 Å². The van der Waals surface area contributed by atoms with Gasteiger partial charge in [0.25, 0.3) is 0 Å². The Bertz CT molecular complexity index is 727. The van der Waals surface area contributed by atoms with Crippen LogP contribution in [0.1, 0.15) is 17.2 Å². The van der Waals surface area contributed by atoms with Gasteiger partial charge in [0.05, 0.1) is 22.9 Å². The first-order chi connectivity index (χ1) is 10.8. The molecule has 3 N–H and O–H groups in total. The Balaban J connectivity index is 1.60. The highest BCUT2D eigenvalue weighted by Gasteiger charge is 2.13.